The molecule has 6 atom stereocenters. The molecular weight excluding hydrogens is 560 g/mol. The Kier molecular flexibility index (Phi) is 16.5. The van der Waals surface area contributed by atoms with E-state index in [1.165, 1.54) is 6.92 Å². The van der Waals surface area contributed by atoms with E-state index < -0.39 is 72.2 Å². The van der Waals surface area contributed by atoms with Gasteiger partial charge < -0.3 is 42.9 Å². The smallest absolute Gasteiger partial charge is 0.325 e. The van der Waals surface area contributed by atoms with Gasteiger partial charge in [0, 0.05) is 12.8 Å². The summed E-state index contributed by atoms with van der Waals surface area (Å²) in [4.78, 5) is 75.2. The monoisotopic (exact) mass is 606 g/mol. The Morgan fingerprint density at radius 3 is 1.95 bits per heavy atom. The van der Waals surface area contributed by atoms with Crippen LogP contribution in [0.15, 0.2) is 30.3 Å². The number of carbonyl (C=O) groups excluding carboxylic acids is 4. The molecule has 0 bridgehead atoms. The van der Waals surface area contributed by atoms with Crippen molar-refractivity contribution >= 4 is 35.6 Å². The number of hydrogen-bond donors (Lipinski definition) is 8. The molecule has 1 aromatic rings. The predicted octanol–water partition coefficient (Wildman–Crippen LogP) is -0.360. The molecule has 0 aliphatic carbocycles. The molecule has 14 nitrogen and oxygen atoms in total. The quantitative estimate of drug-likeness (QED) is 0.0896. The Morgan fingerprint density at radius 1 is 0.791 bits per heavy atom. The Morgan fingerprint density at radius 2 is 1.40 bits per heavy atom. The third-order valence-electron chi connectivity index (χ3n) is 7.02. The molecule has 0 fully saturated rings. The number of carbonyl (C=O) groups is 6. The molecule has 0 heterocycles. The molecule has 0 aromatic heterocycles. The van der Waals surface area contributed by atoms with Gasteiger partial charge >= 0.3 is 11.9 Å². The fourth-order valence-corrected chi connectivity index (χ4v) is 4.11. The van der Waals surface area contributed by atoms with Gasteiger partial charge in [-0.15, -0.1) is 0 Å². The number of hydrogen-bond acceptors (Lipinski definition) is 8. The third kappa shape index (κ3) is 13.7. The lowest BCUT2D eigenvalue weighted by Gasteiger charge is -2.28. The summed E-state index contributed by atoms with van der Waals surface area (Å²) < 4.78 is 0. The van der Waals surface area contributed by atoms with E-state index in [9.17, 15) is 39.0 Å². The average Bonchev–Trinajstić information content (AvgIpc) is 2.97. The Balaban J connectivity index is 3.23. The van der Waals surface area contributed by atoms with Gasteiger partial charge in [-0.1, -0.05) is 57.0 Å². The predicted molar refractivity (Wildman–Crippen MR) is 158 cm³/mol. The number of amides is 4. The van der Waals surface area contributed by atoms with Crippen LogP contribution in [0.3, 0.4) is 0 Å². The van der Waals surface area contributed by atoms with Crippen molar-refractivity contribution in [2.75, 3.05) is 6.54 Å². The molecule has 14 heteroatoms. The molecule has 4 amide bonds. The molecule has 0 radical (unpaired) electrons. The van der Waals surface area contributed by atoms with E-state index >= 15 is 0 Å². The van der Waals surface area contributed by atoms with Gasteiger partial charge in [-0.2, -0.15) is 0 Å². The highest BCUT2D eigenvalue weighted by molar-refractivity contribution is 5.95. The van der Waals surface area contributed by atoms with Gasteiger partial charge in [-0.05, 0) is 44.2 Å². The van der Waals surface area contributed by atoms with Crippen LogP contribution in [-0.2, 0) is 35.2 Å². The second kappa shape index (κ2) is 19.2. The minimum absolute atomic E-state index is 0.0109. The number of nitrogens with one attached hydrogen (secondary N) is 4. The molecule has 0 saturated heterocycles. The van der Waals surface area contributed by atoms with Crippen molar-refractivity contribution < 1.29 is 39.0 Å². The summed E-state index contributed by atoms with van der Waals surface area (Å²) in [6, 6.07) is 2.96. The number of carboxylic acid groups (broad SMARTS) is 2. The molecule has 240 valence electrons. The summed E-state index contributed by atoms with van der Waals surface area (Å²) >= 11 is 0. The zero-order chi connectivity index (χ0) is 32.5. The van der Waals surface area contributed by atoms with Crippen LogP contribution < -0.4 is 32.7 Å². The molecule has 1 aromatic carbocycles. The van der Waals surface area contributed by atoms with Crippen molar-refractivity contribution in [2.45, 2.75) is 95.9 Å². The summed E-state index contributed by atoms with van der Waals surface area (Å²) in [5, 5.41) is 28.5. The normalized spacial score (nSPS) is 15.1. The molecule has 0 unspecified atom stereocenters. The second-order valence-corrected chi connectivity index (χ2v) is 10.6. The standard InChI is InChI=1S/C29H46N6O8/c1-4-17(2)24(28(41)32-18(3)29(42)43)35-27(40)22(16-19-10-6-5-7-11-19)34-26(39)21(13-14-23(36)37)33-25(38)20(31)12-8-9-15-30/h5-7,10-11,17-18,20-22,24H,4,8-9,12-16,30-31H2,1-3H3,(H,32,41)(H,33,38)(H,34,39)(H,35,40)(H,36,37)(H,42,43)/t17-,18-,20-,21-,22-,24-/m0/s1. The number of unbranched alkanes of at least 4 members (excludes halogenated alkanes) is 1. The highest BCUT2D eigenvalue weighted by Gasteiger charge is 2.33. The minimum Gasteiger partial charge on any atom is -0.481 e. The van der Waals surface area contributed by atoms with E-state index in [2.05, 4.69) is 21.3 Å². The van der Waals surface area contributed by atoms with E-state index in [1.54, 1.807) is 44.2 Å². The molecule has 0 aliphatic rings. The summed E-state index contributed by atoms with van der Waals surface area (Å²) in [5.74, 6) is -5.68. The van der Waals surface area contributed by atoms with Crippen molar-refractivity contribution in [1.82, 2.24) is 21.3 Å². The minimum atomic E-state index is -1.31. The van der Waals surface area contributed by atoms with Crippen LogP contribution in [0.2, 0.25) is 0 Å². The van der Waals surface area contributed by atoms with E-state index in [4.69, 9.17) is 11.5 Å². The summed E-state index contributed by atoms with van der Waals surface area (Å²) in [6.45, 7) is 5.25. The maximum Gasteiger partial charge on any atom is 0.325 e. The van der Waals surface area contributed by atoms with Gasteiger partial charge in [-0.3, -0.25) is 28.8 Å². The maximum absolute atomic E-state index is 13.6. The average molecular weight is 607 g/mol. The lowest BCUT2D eigenvalue weighted by atomic mass is 9.96. The highest BCUT2D eigenvalue weighted by Crippen LogP contribution is 2.11. The van der Waals surface area contributed by atoms with E-state index in [1.807, 2.05) is 0 Å². The Labute approximate surface area is 251 Å². The fourth-order valence-electron chi connectivity index (χ4n) is 4.11. The molecule has 0 saturated carbocycles. The molecule has 1 rings (SSSR count). The first kappa shape index (κ1) is 37.0. The van der Waals surface area contributed by atoms with Gasteiger partial charge in [0.15, 0.2) is 0 Å². The summed E-state index contributed by atoms with van der Waals surface area (Å²) in [6.07, 6.45) is 1.36. The number of rotatable bonds is 20. The lowest BCUT2D eigenvalue weighted by Crippen LogP contribution is -2.60. The van der Waals surface area contributed by atoms with Gasteiger partial charge in [-0.25, -0.2) is 0 Å². The summed E-state index contributed by atoms with van der Waals surface area (Å²) in [7, 11) is 0. The summed E-state index contributed by atoms with van der Waals surface area (Å²) in [5.41, 5.74) is 12.1. The zero-order valence-corrected chi connectivity index (χ0v) is 25.0. The molecule has 0 spiro atoms. The number of benzene rings is 1. The van der Waals surface area contributed by atoms with Crippen molar-refractivity contribution in [3.63, 3.8) is 0 Å². The van der Waals surface area contributed by atoms with Crippen LogP contribution in [-0.4, -0.2) is 82.5 Å². The lowest BCUT2D eigenvalue weighted by molar-refractivity contribution is -0.142. The van der Waals surface area contributed by atoms with E-state index in [0.717, 1.165) is 0 Å². The van der Waals surface area contributed by atoms with Crippen LogP contribution in [0.25, 0.3) is 0 Å². The molecule has 0 aliphatic heterocycles. The largest absolute Gasteiger partial charge is 0.481 e. The first-order valence-electron chi connectivity index (χ1n) is 14.5. The maximum atomic E-state index is 13.6. The third-order valence-corrected chi connectivity index (χ3v) is 7.02. The van der Waals surface area contributed by atoms with Gasteiger partial charge in [0.05, 0.1) is 6.04 Å². The SMILES string of the molecule is CC[C@H](C)[C@H](NC(=O)[C@H](Cc1ccccc1)NC(=O)[C@H](CCC(=O)O)NC(=O)[C@@H](N)CCCCN)C(=O)N[C@@H](C)C(=O)O. The van der Waals surface area contributed by atoms with Crippen LogP contribution >= 0.6 is 0 Å². The van der Waals surface area contributed by atoms with E-state index in [-0.39, 0.29) is 18.8 Å². The highest BCUT2D eigenvalue weighted by atomic mass is 16.4. The molecular formula is C29H46N6O8. The number of carboxylic acids is 2. The zero-order valence-electron chi connectivity index (χ0n) is 25.0. The van der Waals surface area contributed by atoms with Gasteiger partial charge in [0.25, 0.3) is 0 Å². The Hall–Kier alpha value is -4.04. The van der Waals surface area contributed by atoms with Crippen LogP contribution in [0.5, 0.6) is 0 Å². The van der Waals surface area contributed by atoms with Crippen LogP contribution in [0.4, 0.5) is 0 Å². The number of nitrogens with two attached hydrogens (primary N) is 2. The first-order valence-corrected chi connectivity index (χ1v) is 14.5. The fraction of sp³-hybridized carbons (Fsp3) is 0.586. The van der Waals surface area contributed by atoms with Crippen LogP contribution in [0, 0.1) is 5.92 Å². The number of aliphatic carboxylic acids is 2. The second-order valence-electron chi connectivity index (χ2n) is 10.6. The first-order chi connectivity index (χ1) is 20.3. The van der Waals surface area contributed by atoms with Crippen molar-refractivity contribution in [2.24, 2.45) is 17.4 Å². The van der Waals surface area contributed by atoms with Gasteiger partial charge in [0.2, 0.25) is 23.6 Å². The van der Waals surface area contributed by atoms with Crippen LogP contribution in [0.1, 0.15) is 64.9 Å². The topological polar surface area (TPSA) is 243 Å². The molecule has 10 N–H and O–H groups in total. The van der Waals surface area contributed by atoms with E-state index in [0.29, 0.717) is 37.8 Å². The molecule has 43 heavy (non-hydrogen) atoms. The Bertz CT molecular complexity index is 1090. The van der Waals surface area contributed by atoms with Crippen molar-refractivity contribution in [3.05, 3.63) is 35.9 Å². The van der Waals surface area contributed by atoms with Crippen molar-refractivity contribution in [1.29, 1.82) is 0 Å². The van der Waals surface area contributed by atoms with Gasteiger partial charge in [0.1, 0.15) is 24.2 Å². The van der Waals surface area contributed by atoms with Crippen molar-refractivity contribution in [3.8, 4) is 0 Å².